The average molecular weight is 308 g/mol. The number of halogens is 1. The molecule has 1 aromatic heterocycles. The van der Waals surface area contributed by atoms with Gasteiger partial charge in [0.25, 0.3) is 11.5 Å². The number of amides is 1. The van der Waals surface area contributed by atoms with Crippen molar-refractivity contribution in [1.29, 1.82) is 0 Å². The molecule has 0 bridgehead atoms. The van der Waals surface area contributed by atoms with Crippen LogP contribution in [0.15, 0.2) is 39.6 Å². The van der Waals surface area contributed by atoms with Crippen molar-refractivity contribution in [3.05, 3.63) is 56.4 Å². The van der Waals surface area contributed by atoms with E-state index in [9.17, 15) is 9.59 Å². The monoisotopic (exact) mass is 307 g/mol. The highest BCUT2D eigenvalue weighted by Crippen LogP contribution is 2.20. The zero-order valence-corrected chi connectivity index (χ0v) is 11.1. The lowest BCUT2D eigenvalue weighted by Gasteiger charge is -2.06. The minimum atomic E-state index is -0.373. The molecule has 0 saturated carbocycles. The van der Waals surface area contributed by atoms with Gasteiger partial charge >= 0.3 is 0 Å². The van der Waals surface area contributed by atoms with Crippen molar-refractivity contribution in [2.75, 3.05) is 5.32 Å². The van der Waals surface area contributed by atoms with Crippen molar-refractivity contribution >= 4 is 27.5 Å². The van der Waals surface area contributed by atoms with E-state index in [4.69, 9.17) is 0 Å². The number of anilines is 1. The molecule has 0 saturated heterocycles. The highest BCUT2D eigenvalue weighted by Gasteiger charge is 2.08. The Morgan fingerprint density at radius 2 is 2.11 bits per heavy atom. The first-order chi connectivity index (χ1) is 8.56. The maximum Gasteiger partial charge on any atom is 0.276 e. The average Bonchev–Trinajstić information content (AvgIpc) is 2.34. The van der Waals surface area contributed by atoms with Crippen LogP contribution in [-0.2, 0) is 0 Å². The van der Waals surface area contributed by atoms with Gasteiger partial charge in [-0.1, -0.05) is 22.0 Å². The number of aromatic amines is 1. The highest BCUT2D eigenvalue weighted by atomic mass is 79.9. The summed E-state index contributed by atoms with van der Waals surface area (Å²) in [7, 11) is 0. The van der Waals surface area contributed by atoms with E-state index in [0.29, 0.717) is 5.69 Å². The van der Waals surface area contributed by atoms with Gasteiger partial charge in [0, 0.05) is 16.2 Å². The Bertz CT molecular complexity index is 632. The normalized spacial score (nSPS) is 10.1. The summed E-state index contributed by atoms with van der Waals surface area (Å²) in [6, 6.07) is 8.12. The van der Waals surface area contributed by atoms with E-state index < -0.39 is 0 Å². The zero-order chi connectivity index (χ0) is 13.1. The third-order valence-corrected chi connectivity index (χ3v) is 3.20. The van der Waals surface area contributed by atoms with Crippen molar-refractivity contribution in [3.8, 4) is 0 Å². The molecule has 18 heavy (non-hydrogen) atoms. The first kappa shape index (κ1) is 12.5. The molecule has 92 valence electrons. The van der Waals surface area contributed by atoms with Gasteiger partial charge < -0.3 is 5.32 Å². The molecule has 1 heterocycles. The smallest absolute Gasteiger partial charge is 0.276 e. The minimum absolute atomic E-state index is 0.159. The van der Waals surface area contributed by atoms with E-state index in [2.05, 4.69) is 31.4 Å². The van der Waals surface area contributed by atoms with Crippen molar-refractivity contribution in [2.24, 2.45) is 0 Å². The van der Waals surface area contributed by atoms with Crippen LogP contribution in [0.25, 0.3) is 0 Å². The van der Waals surface area contributed by atoms with Gasteiger partial charge in [-0.05, 0) is 30.7 Å². The molecular formula is C12H10BrN3O2. The molecular weight excluding hydrogens is 298 g/mol. The van der Waals surface area contributed by atoms with Gasteiger partial charge in [-0.15, -0.1) is 0 Å². The molecule has 0 aliphatic heterocycles. The number of nitrogens with one attached hydrogen (secondary N) is 2. The summed E-state index contributed by atoms with van der Waals surface area (Å²) in [4.78, 5) is 22.6. The highest BCUT2D eigenvalue weighted by molar-refractivity contribution is 9.10. The number of H-pyrrole nitrogens is 1. The molecule has 6 heteroatoms. The van der Waals surface area contributed by atoms with Gasteiger partial charge in [0.2, 0.25) is 0 Å². The van der Waals surface area contributed by atoms with Gasteiger partial charge in [-0.2, -0.15) is 5.10 Å². The Labute approximate surface area is 111 Å². The van der Waals surface area contributed by atoms with Gasteiger partial charge in [0.05, 0.1) is 0 Å². The topological polar surface area (TPSA) is 74.8 Å². The van der Waals surface area contributed by atoms with E-state index in [0.717, 1.165) is 10.0 Å². The first-order valence-electron chi connectivity index (χ1n) is 5.19. The van der Waals surface area contributed by atoms with Gasteiger partial charge in [0.15, 0.2) is 0 Å². The van der Waals surface area contributed by atoms with Crippen LogP contribution in [0.5, 0.6) is 0 Å². The van der Waals surface area contributed by atoms with Gasteiger partial charge in [0.1, 0.15) is 5.69 Å². The largest absolute Gasteiger partial charge is 0.321 e. The molecule has 1 aromatic carbocycles. The number of hydrogen-bond acceptors (Lipinski definition) is 3. The second-order valence-corrected chi connectivity index (χ2v) is 4.58. The molecule has 0 fully saturated rings. The second kappa shape index (κ2) is 5.14. The fourth-order valence-electron chi connectivity index (χ4n) is 1.34. The Hall–Kier alpha value is -1.95. The fourth-order valence-corrected chi connectivity index (χ4v) is 1.72. The number of aromatic nitrogens is 2. The van der Waals surface area contributed by atoms with Gasteiger partial charge in [-0.3, -0.25) is 9.59 Å². The van der Waals surface area contributed by atoms with Crippen molar-refractivity contribution in [2.45, 2.75) is 6.92 Å². The zero-order valence-electron chi connectivity index (χ0n) is 9.53. The molecule has 0 radical (unpaired) electrons. The number of nitrogens with zero attached hydrogens (tertiary/aromatic N) is 1. The summed E-state index contributed by atoms with van der Waals surface area (Å²) in [5, 5.41) is 8.56. The molecule has 0 aliphatic carbocycles. The predicted molar refractivity (Wildman–Crippen MR) is 71.7 cm³/mol. The van der Waals surface area contributed by atoms with Crippen molar-refractivity contribution < 1.29 is 4.79 Å². The van der Waals surface area contributed by atoms with Crippen LogP contribution in [0, 0.1) is 6.92 Å². The SMILES string of the molecule is Cc1ccc(NC(=O)c2ccc(=O)[nH]n2)cc1Br. The third kappa shape index (κ3) is 2.84. The Kier molecular flexibility index (Phi) is 3.57. The van der Waals surface area contributed by atoms with Crippen LogP contribution in [0.2, 0.25) is 0 Å². The van der Waals surface area contributed by atoms with Crippen molar-refractivity contribution in [1.82, 2.24) is 10.2 Å². The Balaban J connectivity index is 2.18. The minimum Gasteiger partial charge on any atom is -0.321 e. The van der Waals surface area contributed by atoms with Crippen LogP contribution >= 0.6 is 15.9 Å². The number of carbonyl (C=O) groups excluding carboxylic acids is 1. The summed E-state index contributed by atoms with van der Waals surface area (Å²) in [6.45, 7) is 1.96. The number of aryl methyl sites for hydroxylation is 1. The molecule has 0 atom stereocenters. The van der Waals surface area contributed by atoms with E-state index in [1.165, 1.54) is 12.1 Å². The lowest BCUT2D eigenvalue weighted by molar-refractivity contribution is 0.102. The third-order valence-electron chi connectivity index (χ3n) is 2.34. The molecule has 2 N–H and O–H groups in total. The Morgan fingerprint density at radius 1 is 1.33 bits per heavy atom. The van der Waals surface area contributed by atoms with Gasteiger partial charge in [-0.25, -0.2) is 5.10 Å². The summed E-state index contributed by atoms with van der Waals surface area (Å²) in [5.41, 5.74) is 1.55. The molecule has 0 unspecified atom stereocenters. The molecule has 0 aliphatic rings. The summed E-state index contributed by atoms with van der Waals surface area (Å²) in [5.74, 6) is -0.373. The van der Waals surface area contributed by atoms with Crippen LogP contribution in [-0.4, -0.2) is 16.1 Å². The quantitative estimate of drug-likeness (QED) is 0.892. The molecule has 2 aromatic rings. The molecule has 1 amide bonds. The summed E-state index contributed by atoms with van der Waals surface area (Å²) in [6.07, 6.45) is 0. The lowest BCUT2D eigenvalue weighted by Crippen LogP contribution is -2.17. The molecule has 5 nitrogen and oxygen atoms in total. The number of carbonyl (C=O) groups is 1. The van der Waals surface area contributed by atoms with Crippen LogP contribution in [0.4, 0.5) is 5.69 Å². The predicted octanol–water partition coefficient (Wildman–Crippen LogP) is 2.09. The molecule has 2 rings (SSSR count). The van der Waals surface area contributed by atoms with E-state index in [1.807, 2.05) is 13.0 Å². The fraction of sp³-hybridized carbons (Fsp3) is 0.0833. The summed E-state index contributed by atoms with van der Waals surface area (Å²) < 4.78 is 0.912. The van der Waals surface area contributed by atoms with E-state index in [1.54, 1.807) is 12.1 Å². The van der Waals surface area contributed by atoms with Crippen LogP contribution in [0.3, 0.4) is 0 Å². The summed E-state index contributed by atoms with van der Waals surface area (Å²) >= 11 is 3.39. The van der Waals surface area contributed by atoms with Crippen LogP contribution < -0.4 is 10.9 Å². The van der Waals surface area contributed by atoms with Crippen molar-refractivity contribution in [3.63, 3.8) is 0 Å². The number of rotatable bonds is 2. The second-order valence-electron chi connectivity index (χ2n) is 3.72. The molecule has 0 spiro atoms. The number of hydrogen-bond donors (Lipinski definition) is 2. The maximum absolute atomic E-state index is 11.8. The van der Waals surface area contributed by atoms with Crippen LogP contribution in [0.1, 0.15) is 16.1 Å². The standard InChI is InChI=1S/C12H10BrN3O2/c1-7-2-3-8(6-9(7)13)14-12(18)10-4-5-11(17)16-15-10/h2-6H,1H3,(H,14,18)(H,16,17). The Morgan fingerprint density at radius 3 is 2.72 bits per heavy atom. The maximum atomic E-state index is 11.8. The first-order valence-corrected chi connectivity index (χ1v) is 5.99. The number of benzene rings is 1. The van der Waals surface area contributed by atoms with E-state index in [-0.39, 0.29) is 17.2 Å². The van der Waals surface area contributed by atoms with E-state index >= 15 is 0 Å². The lowest BCUT2D eigenvalue weighted by atomic mass is 10.2.